The maximum absolute atomic E-state index is 12.0. The Hall–Kier alpha value is -1.76. The molecule has 0 saturated carbocycles. The van der Waals surface area contributed by atoms with E-state index in [2.05, 4.69) is 17.4 Å². The van der Waals surface area contributed by atoms with E-state index in [4.69, 9.17) is 21.1 Å². The van der Waals surface area contributed by atoms with Gasteiger partial charge in [0, 0.05) is 32.3 Å². The summed E-state index contributed by atoms with van der Waals surface area (Å²) in [6, 6.07) is 3.54. The zero-order chi connectivity index (χ0) is 17.5. The Bertz CT molecular complexity index is 599. The highest BCUT2D eigenvalue weighted by Crippen LogP contribution is 2.36. The molecule has 1 saturated heterocycles. The average Bonchev–Trinajstić information content (AvgIpc) is 2.55. The van der Waals surface area contributed by atoms with Crippen LogP contribution in [0.5, 0.6) is 11.5 Å². The van der Waals surface area contributed by atoms with E-state index in [-0.39, 0.29) is 5.91 Å². The van der Waals surface area contributed by atoms with Crippen LogP contribution < -0.4 is 14.9 Å². The van der Waals surface area contributed by atoms with Crippen LogP contribution in [0.25, 0.3) is 6.08 Å². The lowest BCUT2D eigenvalue weighted by molar-refractivity contribution is -0.121. The number of carbonyl (C=O) groups is 1. The van der Waals surface area contributed by atoms with Crippen LogP contribution in [-0.4, -0.2) is 62.8 Å². The number of hydrazine groups is 1. The van der Waals surface area contributed by atoms with Gasteiger partial charge in [0.05, 0.1) is 18.7 Å². The topological polar surface area (TPSA) is 54.0 Å². The van der Waals surface area contributed by atoms with Crippen molar-refractivity contribution in [2.24, 2.45) is 0 Å². The summed E-state index contributed by atoms with van der Waals surface area (Å²) in [6.07, 6.45) is 3.20. The molecule has 0 spiro atoms. The average molecular weight is 354 g/mol. The fraction of sp³-hybridized carbons (Fsp3) is 0.471. The molecule has 0 radical (unpaired) electrons. The summed E-state index contributed by atoms with van der Waals surface area (Å²) in [7, 11) is 3.62. The van der Waals surface area contributed by atoms with Crippen molar-refractivity contribution in [2.75, 3.05) is 46.9 Å². The lowest BCUT2D eigenvalue weighted by Gasteiger charge is -2.31. The summed E-state index contributed by atoms with van der Waals surface area (Å²) < 4.78 is 10.8. The van der Waals surface area contributed by atoms with Gasteiger partial charge in [-0.1, -0.05) is 11.6 Å². The number of carbonyl (C=O) groups excluding carboxylic acids is 1. The van der Waals surface area contributed by atoms with Gasteiger partial charge in [0.2, 0.25) is 0 Å². The second kappa shape index (κ2) is 8.92. The number of piperazine rings is 1. The molecular weight excluding hydrogens is 330 g/mol. The Kier molecular flexibility index (Phi) is 6.90. The molecule has 1 amide bonds. The number of likely N-dealkylation sites (N-methyl/N-ethyl adjacent to an activating group) is 1. The van der Waals surface area contributed by atoms with Gasteiger partial charge in [-0.05, 0) is 37.7 Å². The molecule has 1 aliphatic heterocycles. The van der Waals surface area contributed by atoms with Crippen molar-refractivity contribution >= 4 is 23.6 Å². The third-order valence-corrected chi connectivity index (χ3v) is 4.02. The van der Waals surface area contributed by atoms with Crippen LogP contribution in [0.2, 0.25) is 5.02 Å². The number of hydrogen-bond donors (Lipinski definition) is 1. The minimum absolute atomic E-state index is 0.163. The molecule has 1 heterocycles. The van der Waals surface area contributed by atoms with Crippen molar-refractivity contribution < 1.29 is 14.3 Å². The van der Waals surface area contributed by atoms with Crippen molar-refractivity contribution in [3.63, 3.8) is 0 Å². The van der Waals surface area contributed by atoms with Gasteiger partial charge in [0.25, 0.3) is 5.91 Å². The molecule has 0 unspecified atom stereocenters. The van der Waals surface area contributed by atoms with E-state index in [1.54, 1.807) is 25.3 Å². The molecule has 0 aromatic heterocycles. The van der Waals surface area contributed by atoms with Crippen LogP contribution >= 0.6 is 11.6 Å². The van der Waals surface area contributed by atoms with Gasteiger partial charge in [0.1, 0.15) is 0 Å². The van der Waals surface area contributed by atoms with Gasteiger partial charge in [-0.3, -0.25) is 10.2 Å². The Labute approximate surface area is 147 Å². The van der Waals surface area contributed by atoms with E-state index < -0.39 is 0 Å². The highest BCUT2D eigenvalue weighted by Gasteiger charge is 2.15. The predicted octanol–water partition coefficient (Wildman–Crippen LogP) is 2.04. The SMILES string of the molecule is CCOc1cc(/C=C/C(=O)NN2CCN(C)CC2)cc(Cl)c1OC. The Morgan fingerprint density at radius 2 is 2.04 bits per heavy atom. The lowest BCUT2D eigenvalue weighted by Crippen LogP contribution is -2.52. The molecule has 7 heteroatoms. The Morgan fingerprint density at radius 1 is 1.33 bits per heavy atom. The Morgan fingerprint density at radius 3 is 2.67 bits per heavy atom. The number of nitrogens with zero attached hydrogens (tertiary/aromatic N) is 2. The molecule has 1 fully saturated rings. The highest BCUT2D eigenvalue weighted by atomic mass is 35.5. The fourth-order valence-corrected chi connectivity index (χ4v) is 2.72. The molecule has 1 aromatic rings. The molecule has 0 bridgehead atoms. The van der Waals surface area contributed by atoms with Crippen molar-refractivity contribution in [3.8, 4) is 11.5 Å². The Balaban J connectivity index is 2.01. The van der Waals surface area contributed by atoms with Crippen LogP contribution in [0.15, 0.2) is 18.2 Å². The van der Waals surface area contributed by atoms with Crippen LogP contribution in [0.4, 0.5) is 0 Å². The first-order valence-electron chi connectivity index (χ1n) is 7.96. The summed E-state index contributed by atoms with van der Waals surface area (Å²) in [6.45, 7) is 5.91. The van der Waals surface area contributed by atoms with Gasteiger partial charge in [0.15, 0.2) is 11.5 Å². The molecule has 2 rings (SSSR count). The van der Waals surface area contributed by atoms with E-state index in [0.29, 0.717) is 23.1 Å². The second-order valence-corrected chi connectivity index (χ2v) is 5.97. The van der Waals surface area contributed by atoms with Crippen molar-refractivity contribution in [3.05, 3.63) is 28.8 Å². The minimum Gasteiger partial charge on any atom is -0.491 e. The smallest absolute Gasteiger partial charge is 0.258 e. The largest absolute Gasteiger partial charge is 0.491 e. The number of nitrogens with one attached hydrogen (secondary N) is 1. The van der Waals surface area contributed by atoms with Crippen molar-refractivity contribution in [1.82, 2.24) is 15.3 Å². The van der Waals surface area contributed by atoms with Gasteiger partial charge >= 0.3 is 0 Å². The van der Waals surface area contributed by atoms with Crippen molar-refractivity contribution in [2.45, 2.75) is 6.92 Å². The number of amides is 1. The highest BCUT2D eigenvalue weighted by molar-refractivity contribution is 6.32. The number of methoxy groups -OCH3 is 1. The summed E-state index contributed by atoms with van der Waals surface area (Å²) >= 11 is 6.20. The molecular formula is C17H24ClN3O3. The van der Waals surface area contributed by atoms with E-state index in [1.165, 1.54) is 6.08 Å². The zero-order valence-electron chi connectivity index (χ0n) is 14.3. The number of ether oxygens (including phenoxy) is 2. The summed E-state index contributed by atoms with van der Waals surface area (Å²) in [5.41, 5.74) is 3.65. The maximum Gasteiger partial charge on any atom is 0.258 e. The van der Waals surface area contributed by atoms with Crippen LogP contribution in [0.3, 0.4) is 0 Å². The van der Waals surface area contributed by atoms with Gasteiger partial charge in [-0.25, -0.2) is 5.01 Å². The molecule has 132 valence electrons. The third kappa shape index (κ3) is 5.12. The molecule has 6 nitrogen and oxygen atoms in total. The lowest BCUT2D eigenvalue weighted by atomic mass is 10.2. The molecule has 0 atom stereocenters. The predicted molar refractivity (Wildman–Crippen MR) is 95.4 cm³/mol. The third-order valence-electron chi connectivity index (χ3n) is 3.73. The van der Waals surface area contributed by atoms with Gasteiger partial charge in [-0.15, -0.1) is 0 Å². The second-order valence-electron chi connectivity index (χ2n) is 5.57. The number of rotatable bonds is 6. The number of hydrogen-bond acceptors (Lipinski definition) is 5. The van der Waals surface area contributed by atoms with Crippen LogP contribution in [0.1, 0.15) is 12.5 Å². The summed E-state index contributed by atoms with van der Waals surface area (Å²) in [5, 5.41) is 2.38. The first-order chi connectivity index (χ1) is 11.5. The minimum atomic E-state index is -0.163. The van der Waals surface area contributed by atoms with E-state index in [1.807, 2.05) is 11.9 Å². The quantitative estimate of drug-likeness (QED) is 0.793. The number of benzene rings is 1. The van der Waals surface area contributed by atoms with Crippen molar-refractivity contribution in [1.29, 1.82) is 0 Å². The fourth-order valence-electron chi connectivity index (χ4n) is 2.43. The zero-order valence-corrected chi connectivity index (χ0v) is 15.1. The normalized spacial score (nSPS) is 16.3. The first-order valence-corrected chi connectivity index (χ1v) is 8.33. The maximum atomic E-state index is 12.0. The van der Waals surface area contributed by atoms with Gasteiger partial charge in [-0.2, -0.15) is 0 Å². The molecule has 0 aliphatic carbocycles. The summed E-state index contributed by atoms with van der Waals surface area (Å²) in [5.74, 6) is 0.897. The monoisotopic (exact) mass is 353 g/mol. The van der Waals surface area contributed by atoms with E-state index in [0.717, 1.165) is 31.7 Å². The van der Waals surface area contributed by atoms with Crippen LogP contribution in [0, 0.1) is 0 Å². The molecule has 24 heavy (non-hydrogen) atoms. The van der Waals surface area contributed by atoms with E-state index >= 15 is 0 Å². The summed E-state index contributed by atoms with van der Waals surface area (Å²) in [4.78, 5) is 14.3. The molecule has 1 aliphatic rings. The van der Waals surface area contributed by atoms with Crippen LogP contribution in [-0.2, 0) is 4.79 Å². The number of halogens is 1. The van der Waals surface area contributed by atoms with Gasteiger partial charge < -0.3 is 14.4 Å². The first kappa shape index (κ1) is 18.6. The molecule has 1 aromatic carbocycles. The standard InChI is InChI=1S/C17H24ClN3O3/c1-4-24-15-12-13(11-14(18)17(15)23-3)5-6-16(22)19-21-9-7-20(2)8-10-21/h5-6,11-12H,4,7-10H2,1-3H3,(H,19,22)/b6-5+. The van der Waals surface area contributed by atoms with E-state index in [9.17, 15) is 4.79 Å². The molecule has 1 N–H and O–H groups in total.